The van der Waals surface area contributed by atoms with Crippen molar-refractivity contribution in [2.75, 3.05) is 18.8 Å². The monoisotopic (exact) mass is 300 g/mol. The summed E-state index contributed by atoms with van der Waals surface area (Å²) in [6.45, 7) is 3.52. The van der Waals surface area contributed by atoms with Crippen LogP contribution in [0.2, 0.25) is 0 Å². The number of rotatable bonds is 3. The number of hydrogen-bond donors (Lipinski definition) is 1. The first-order chi connectivity index (χ1) is 10.6. The third-order valence-electron chi connectivity index (χ3n) is 4.02. The summed E-state index contributed by atoms with van der Waals surface area (Å²) in [5, 5.41) is 4.25. The Morgan fingerprint density at radius 3 is 3.05 bits per heavy atom. The minimum atomic E-state index is 0.0496. The van der Waals surface area contributed by atoms with Gasteiger partial charge in [0.1, 0.15) is 18.7 Å². The molecule has 2 N–H and O–H groups in total. The maximum Gasteiger partial charge on any atom is 0.244 e. The van der Waals surface area contributed by atoms with Crippen LogP contribution in [0.25, 0.3) is 0 Å². The average molecular weight is 300 g/mol. The number of anilines is 1. The smallest absolute Gasteiger partial charge is 0.244 e. The van der Waals surface area contributed by atoms with Crippen LogP contribution in [0.15, 0.2) is 24.7 Å². The lowest BCUT2D eigenvalue weighted by molar-refractivity contribution is -0.133. The molecule has 1 atom stereocenters. The molecule has 22 heavy (non-hydrogen) atoms. The summed E-state index contributed by atoms with van der Waals surface area (Å²) in [6, 6.07) is 3.70. The van der Waals surface area contributed by atoms with E-state index in [0.29, 0.717) is 12.4 Å². The van der Waals surface area contributed by atoms with E-state index < -0.39 is 0 Å². The van der Waals surface area contributed by atoms with E-state index in [1.54, 1.807) is 23.3 Å². The maximum absolute atomic E-state index is 12.5. The predicted molar refractivity (Wildman–Crippen MR) is 82.0 cm³/mol. The summed E-state index contributed by atoms with van der Waals surface area (Å²) in [6.07, 6.45) is 5.33. The molecule has 1 aliphatic rings. The predicted octanol–water partition coefficient (Wildman–Crippen LogP) is 0.970. The Morgan fingerprint density at radius 1 is 1.50 bits per heavy atom. The van der Waals surface area contributed by atoms with Crippen LogP contribution in [-0.4, -0.2) is 43.6 Å². The molecule has 1 unspecified atom stereocenters. The number of aryl methyl sites for hydroxylation is 1. The van der Waals surface area contributed by atoms with E-state index in [1.165, 1.54) is 0 Å². The van der Waals surface area contributed by atoms with Crippen molar-refractivity contribution in [2.45, 2.75) is 32.2 Å². The van der Waals surface area contributed by atoms with E-state index in [-0.39, 0.29) is 18.4 Å². The minimum absolute atomic E-state index is 0.0496. The molecule has 0 saturated carbocycles. The van der Waals surface area contributed by atoms with E-state index in [1.807, 2.05) is 17.9 Å². The van der Waals surface area contributed by atoms with Gasteiger partial charge in [0.2, 0.25) is 5.91 Å². The number of nitrogen functional groups attached to an aromatic ring is 1. The molecule has 0 spiro atoms. The van der Waals surface area contributed by atoms with Gasteiger partial charge in [-0.3, -0.25) is 4.79 Å². The quantitative estimate of drug-likeness (QED) is 0.912. The molecular weight excluding hydrogens is 280 g/mol. The van der Waals surface area contributed by atoms with Gasteiger partial charge in [0.05, 0.1) is 5.69 Å². The highest BCUT2D eigenvalue weighted by Gasteiger charge is 2.26. The largest absolute Gasteiger partial charge is 0.384 e. The first-order valence-electron chi connectivity index (χ1n) is 7.47. The molecule has 116 valence electrons. The van der Waals surface area contributed by atoms with Crippen LogP contribution in [0.3, 0.4) is 0 Å². The van der Waals surface area contributed by atoms with E-state index in [2.05, 4.69) is 15.1 Å². The second kappa shape index (κ2) is 6.13. The van der Waals surface area contributed by atoms with Gasteiger partial charge in [0.15, 0.2) is 0 Å². The van der Waals surface area contributed by atoms with Gasteiger partial charge in [-0.05, 0) is 25.8 Å². The van der Waals surface area contributed by atoms with Crippen molar-refractivity contribution in [3.8, 4) is 0 Å². The lowest BCUT2D eigenvalue weighted by atomic mass is 9.94. The lowest BCUT2D eigenvalue weighted by Crippen LogP contribution is -2.41. The normalized spacial score (nSPS) is 18.4. The summed E-state index contributed by atoms with van der Waals surface area (Å²) in [5.41, 5.74) is 7.67. The summed E-state index contributed by atoms with van der Waals surface area (Å²) in [7, 11) is 0. The number of hydrogen-bond acceptors (Lipinski definition) is 5. The molecule has 2 aromatic rings. The third kappa shape index (κ3) is 3.08. The van der Waals surface area contributed by atoms with Crippen molar-refractivity contribution >= 4 is 11.7 Å². The second-order valence-electron chi connectivity index (χ2n) is 5.68. The first kappa shape index (κ1) is 14.5. The molecule has 0 radical (unpaired) electrons. The maximum atomic E-state index is 12.5. The Morgan fingerprint density at radius 2 is 2.36 bits per heavy atom. The Bertz CT molecular complexity index is 653. The van der Waals surface area contributed by atoms with E-state index in [9.17, 15) is 4.79 Å². The van der Waals surface area contributed by atoms with Gasteiger partial charge in [0.25, 0.3) is 0 Å². The molecule has 7 heteroatoms. The van der Waals surface area contributed by atoms with Crippen molar-refractivity contribution in [1.82, 2.24) is 24.6 Å². The van der Waals surface area contributed by atoms with Crippen LogP contribution in [-0.2, 0) is 11.3 Å². The van der Waals surface area contributed by atoms with Gasteiger partial charge >= 0.3 is 0 Å². The molecule has 2 aromatic heterocycles. The van der Waals surface area contributed by atoms with Crippen LogP contribution in [0.4, 0.5) is 5.82 Å². The van der Waals surface area contributed by atoms with Gasteiger partial charge in [-0.2, -0.15) is 5.10 Å². The van der Waals surface area contributed by atoms with E-state index in [0.717, 1.165) is 30.8 Å². The van der Waals surface area contributed by atoms with Crippen LogP contribution >= 0.6 is 0 Å². The third-order valence-corrected chi connectivity index (χ3v) is 4.02. The molecule has 0 aromatic carbocycles. The van der Waals surface area contributed by atoms with Crippen molar-refractivity contribution < 1.29 is 4.79 Å². The fourth-order valence-corrected chi connectivity index (χ4v) is 2.91. The van der Waals surface area contributed by atoms with Crippen molar-refractivity contribution in [1.29, 1.82) is 0 Å². The van der Waals surface area contributed by atoms with Crippen molar-refractivity contribution in [2.24, 2.45) is 0 Å². The number of nitrogens with two attached hydrogens (primary N) is 1. The molecule has 1 fully saturated rings. The number of nitrogens with zero attached hydrogens (tertiary/aromatic N) is 5. The zero-order valence-electron chi connectivity index (χ0n) is 12.6. The summed E-state index contributed by atoms with van der Waals surface area (Å²) in [5.74, 6) is 0.848. The summed E-state index contributed by atoms with van der Waals surface area (Å²) < 4.78 is 1.56. The van der Waals surface area contributed by atoms with Gasteiger partial charge in [0, 0.05) is 37.0 Å². The zero-order chi connectivity index (χ0) is 15.5. The summed E-state index contributed by atoms with van der Waals surface area (Å²) in [4.78, 5) is 22.6. The zero-order valence-corrected chi connectivity index (χ0v) is 12.6. The fourth-order valence-electron chi connectivity index (χ4n) is 2.91. The average Bonchev–Trinajstić information content (AvgIpc) is 2.86. The molecule has 1 amide bonds. The lowest BCUT2D eigenvalue weighted by Gasteiger charge is -2.32. The van der Waals surface area contributed by atoms with E-state index >= 15 is 0 Å². The molecule has 3 heterocycles. The first-order valence-corrected chi connectivity index (χ1v) is 7.47. The number of carbonyl (C=O) groups is 1. The Hall–Kier alpha value is -2.44. The second-order valence-corrected chi connectivity index (χ2v) is 5.68. The van der Waals surface area contributed by atoms with Crippen LogP contribution < -0.4 is 5.73 Å². The van der Waals surface area contributed by atoms with Gasteiger partial charge in [-0.25, -0.2) is 14.6 Å². The topological polar surface area (TPSA) is 89.9 Å². The Labute approximate surface area is 129 Å². The molecule has 7 nitrogen and oxygen atoms in total. The van der Waals surface area contributed by atoms with Crippen LogP contribution in [0.1, 0.15) is 30.1 Å². The number of amides is 1. The van der Waals surface area contributed by atoms with Crippen molar-refractivity contribution in [3.05, 3.63) is 36.0 Å². The number of piperidine rings is 1. The van der Waals surface area contributed by atoms with Crippen LogP contribution in [0, 0.1) is 6.92 Å². The Balaban J connectivity index is 1.67. The number of aromatic nitrogens is 4. The number of likely N-dealkylation sites (tertiary alicyclic amines) is 1. The molecule has 1 aliphatic heterocycles. The SMILES string of the molecule is Cc1cc(N)n(CC(=O)N2CCCC(c3ccncn3)C2)n1. The fraction of sp³-hybridized carbons (Fsp3) is 0.467. The highest BCUT2D eigenvalue weighted by molar-refractivity contribution is 5.76. The van der Waals surface area contributed by atoms with Gasteiger partial charge in [-0.1, -0.05) is 0 Å². The number of carbonyl (C=O) groups excluding carboxylic acids is 1. The minimum Gasteiger partial charge on any atom is -0.384 e. The van der Waals surface area contributed by atoms with Gasteiger partial charge in [-0.15, -0.1) is 0 Å². The molecular formula is C15H20N6O. The molecule has 3 rings (SSSR count). The highest BCUT2D eigenvalue weighted by Crippen LogP contribution is 2.25. The molecule has 0 aliphatic carbocycles. The standard InChI is InChI=1S/C15H20N6O/c1-11-7-14(16)21(19-11)9-15(22)20-6-2-3-12(8-20)13-4-5-17-10-18-13/h4-5,7,10,12H,2-3,6,8-9,16H2,1H3. The molecule has 1 saturated heterocycles. The Kier molecular flexibility index (Phi) is 4.04. The molecule has 0 bridgehead atoms. The summed E-state index contributed by atoms with van der Waals surface area (Å²) >= 11 is 0. The highest BCUT2D eigenvalue weighted by atomic mass is 16.2. The van der Waals surface area contributed by atoms with Crippen LogP contribution in [0.5, 0.6) is 0 Å². The van der Waals surface area contributed by atoms with Crippen molar-refractivity contribution in [3.63, 3.8) is 0 Å². The van der Waals surface area contributed by atoms with Gasteiger partial charge < -0.3 is 10.6 Å². The van der Waals surface area contributed by atoms with E-state index in [4.69, 9.17) is 5.73 Å².